The molecule has 1 aromatic heterocycles. The van der Waals surface area contributed by atoms with E-state index in [9.17, 15) is 0 Å². The number of nitrogens with one attached hydrogen (secondary N) is 2. The van der Waals surface area contributed by atoms with Crippen LogP contribution in [0.25, 0.3) is 0 Å². The van der Waals surface area contributed by atoms with Crippen LogP contribution in [0.1, 0.15) is 24.8 Å². The second kappa shape index (κ2) is 7.34. The van der Waals surface area contributed by atoms with Gasteiger partial charge in [0.1, 0.15) is 5.82 Å². The Bertz CT molecular complexity index is 333. The smallest absolute Gasteiger partial charge is 0.125 e. The zero-order chi connectivity index (χ0) is 12.6. The lowest BCUT2D eigenvalue weighted by molar-refractivity contribution is 0.0329. The topological polar surface area (TPSA) is 46.2 Å². The lowest BCUT2D eigenvalue weighted by atomic mass is 10.1. The van der Waals surface area contributed by atoms with Gasteiger partial charge in [-0.05, 0) is 50.9 Å². The second-order valence-corrected chi connectivity index (χ2v) is 4.82. The molecule has 0 bridgehead atoms. The Morgan fingerprint density at radius 3 is 2.94 bits per heavy atom. The largest absolute Gasteiger partial charge is 0.378 e. The molecule has 100 valence electrons. The van der Waals surface area contributed by atoms with Gasteiger partial charge in [0.15, 0.2) is 0 Å². The third kappa shape index (κ3) is 4.63. The number of aryl methyl sites for hydroxylation is 1. The van der Waals surface area contributed by atoms with Crippen molar-refractivity contribution in [3.8, 4) is 0 Å². The fourth-order valence-corrected chi connectivity index (χ4v) is 2.07. The van der Waals surface area contributed by atoms with Crippen LogP contribution in [0.4, 0.5) is 5.82 Å². The zero-order valence-corrected chi connectivity index (χ0v) is 11.1. The summed E-state index contributed by atoms with van der Waals surface area (Å²) in [5, 5.41) is 6.65. The molecule has 4 nitrogen and oxygen atoms in total. The van der Waals surface area contributed by atoms with Crippen LogP contribution in [0, 0.1) is 6.92 Å². The summed E-state index contributed by atoms with van der Waals surface area (Å²) in [5.74, 6) is 0.947. The van der Waals surface area contributed by atoms with Crippen molar-refractivity contribution in [1.82, 2.24) is 10.3 Å². The molecule has 0 amide bonds. The highest BCUT2D eigenvalue weighted by Gasteiger charge is 2.12. The molecular weight excluding hydrogens is 226 g/mol. The van der Waals surface area contributed by atoms with E-state index in [-0.39, 0.29) is 0 Å². The van der Waals surface area contributed by atoms with Crippen molar-refractivity contribution in [2.45, 2.75) is 32.3 Å². The predicted molar refractivity (Wildman–Crippen MR) is 73.9 cm³/mol. The predicted octanol–water partition coefficient (Wildman–Crippen LogP) is 1.96. The Hall–Kier alpha value is -1.13. The molecule has 0 aliphatic carbocycles. The summed E-state index contributed by atoms with van der Waals surface area (Å²) >= 11 is 0. The number of hydrogen-bond acceptors (Lipinski definition) is 4. The molecule has 1 aliphatic rings. The summed E-state index contributed by atoms with van der Waals surface area (Å²) < 4.78 is 5.84. The molecule has 1 aliphatic heterocycles. The fraction of sp³-hybridized carbons (Fsp3) is 0.643. The van der Waals surface area contributed by atoms with E-state index in [0.717, 1.165) is 51.3 Å². The van der Waals surface area contributed by atoms with E-state index in [1.54, 1.807) is 0 Å². The first kappa shape index (κ1) is 13.3. The van der Waals surface area contributed by atoms with Crippen LogP contribution in [-0.2, 0) is 4.74 Å². The van der Waals surface area contributed by atoms with Gasteiger partial charge >= 0.3 is 0 Å². The minimum Gasteiger partial charge on any atom is -0.378 e. The monoisotopic (exact) mass is 249 g/mol. The summed E-state index contributed by atoms with van der Waals surface area (Å²) in [6.45, 7) is 5.99. The molecule has 2 rings (SSSR count). The number of pyridine rings is 1. The zero-order valence-electron chi connectivity index (χ0n) is 11.1. The minimum absolute atomic E-state index is 0.462. The highest BCUT2D eigenvalue weighted by Crippen LogP contribution is 2.08. The van der Waals surface area contributed by atoms with Crippen LogP contribution in [0.3, 0.4) is 0 Å². The maximum absolute atomic E-state index is 5.84. The number of nitrogens with zero attached hydrogens (tertiary/aromatic N) is 1. The van der Waals surface area contributed by atoms with E-state index in [4.69, 9.17) is 4.74 Å². The first-order valence-corrected chi connectivity index (χ1v) is 6.83. The van der Waals surface area contributed by atoms with Crippen LogP contribution in [-0.4, -0.2) is 37.3 Å². The van der Waals surface area contributed by atoms with Crippen molar-refractivity contribution in [2.75, 3.05) is 31.6 Å². The normalized spacial score (nSPS) is 16.7. The summed E-state index contributed by atoms with van der Waals surface area (Å²) in [6, 6.07) is 4.09. The van der Waals surface area contributed by atoms with E-state index >= 15 is 0 Å². The van der Waals surface area contributed by atoms with Crippen molar-refractivity contribution < 1.29 is 4.74 Å². The van der Waals surface area contributed by atoms with Crippen LogP contribution in [0.5, 0.6) is 0 Å². The molecule has 18 heavy (non-hydrogen) atoms. The Labute approximate surface area is 109 Å². The van der Waals surface area contributed by atoms with Gasteiger partial charge in [0.25, 0.3) is 0 Å². The molecule has 4 heteroatoms. The molecule has 0 unspecified atom stereocenters. The van der Waals surface area contributed by atoms with Crippen LogP contribution in [0.15, 0.2) is 18.3 Å². The molecular formula is C14H23N3O. The quantitative estimate of drug-likeness (QED) is 0.757. The summed E-state index contributed by atoms with van der Waals surface area (Å²) in [7, 11) is 0. The second-order valence-electron chi connectivity index (χ2n) is 4.82. The number of rotatable bonds is 6. The number of aromatic nitrogens is 1. The van der Waals surface area contributed by atoms with Gasteiger partial charge in [-0.2, -0.15) is 0 Å². The number of piperidine rings is 1. The molecule has 1 saturated heterocycles. The summed E-state index contributed by atoms with van der Waals surface area (Å²) in [6.07, 6.45) is 5.66. The molecule has 2 N–H and O–H groups in total. The first-order valence-electron chi connectivity index (χ1n) is 6.83. The summed E-state index contributed by atoms with van der Waals surface area (Å²) in [4.78, 5) is 4.31. The lowest BCUT2D eigenvalue weighted by Gasteiger charge is -2.22. The van der Waals surface area contributed by atoms with E-state index in [1.165, 1.54) is 5.56 Å². The van der Waals surface area contributed by atoms with Crippen molar-refractivity contribution >= 4 is 5.82 Å². The molecule has 0 aromatic carbocycles. The van der Waals surface area contributed by atoms with Gasteiger partial charge in [-0.3, -0.25) is 0 Å². The van der Waals surface area contributed by atoms with Gasteiger partial charge in [0, 0.05) is 19.3 Å². The van der Waals surface area contributed by atoms with Gasteiger partial charge < -0.3 is 15.4 Å². The standard InChI is InChI=1S/C14H23N3O/c1-12-3-4-14(17-11-12)16-7-2-10-18-13-5-8-15-9-6-13/h3-4,11,13,15H,2,5-10H2,1H3,(H,16,17). The summed E-state index contributed by atoms with van der Waals surface area (Å²) in [5.41, 5.74) is 1.19. The van der Waals surface area contributed by atoms with Gasteiger partial charge in [0.2, 0.25) is 0 Å². The van der Waals surface area contributed by atoms with Crippen molar-refractivity contribution in [1.29, 1.82) is 0 Å². The maximum atomic E-state index is 5.84. The third-order valence-electron chi connectivity index (χ3n) is 3.18. The average molecular weight is 249 g/mol. The Balaban J connectivity index is 1.54. The Morgan fingerprint density at radius 2 is 2.22 bits per heavy atom. The Morgan fingerprint density at radius 1 is 1.39 bits per heavy atom. The highest BCUT2D eigenvalue weighted by molar-refractivity contribution is 5.34. The van der Waals surface area contributed by atoms with Gasteiger partial charge in [-0.1, -0.05) is 6.07 Å². The van der Waals surface area contributed by atoms with E-state index in [1.807, 2.05) is 19.2 Å². The molecule has 1 fully saturated rings. The molecule has 2 heterocycles. The van der Waals surface area contributed by atoms with Crippen LogP contribution < -0.4 is 10.6 Å². The van der Waals surface area contributed by atoms with Crippen LogP contribution >= 0.6 is 0 Å². The van der Waals surface area contributed by atoms with Gasteiger partial charge in [-0.25, -0.2) is 4.98 Å². The highest BCUT2D eigenvalue weighted by atomic mass is 16.5. The lowest BCUT2D eigenvalue weighted by Crippen LogP contribution is -2.32. The average Bonchev–Trinajstić information content (AvgIpc) is 2.42. The van der Waals surface area contributed by atoms with Crippen LogP contribution in [0.2, 0.25) is 0 Å². The number of ether oxygens (including phenoxy) is 1. The molecule has 0 radical (unpaired) electrons. The van der Waals surface area contributed by atoms with Gasteiger partial charge in [-0.15, -0.1) is 0 Å². The maximum Gasteiger partial charge on any atom is 0.125 e. The van der Waals surface area contributed by atoms with Crippen molar-refractivity contribution in [3.63, 3.8) is 0 Å². The first-order chi connectivity index (χ1) is 8.84. The van der Waals surface area contributed by atoms with Crippen molar-refractivity contribution in [2.24, 2.45) is 0 Å². The number of hydrogen-bond donors (Lipinski definition) is 2. The molecule has 0 spiro atoms. The fourth-order valence-electron chi connectivity index (χ4n) is 2.07. The van der Waals surface area contributed by atoms with Crippen molar-refractivity contribution in [3.05, 3.63) is 23.9 Å². The van der Waals surface area contributed by atoms with E-state index in [2.05, 4.69) is 21.7 Å². The molecule has 0 atom stereocenters. The molecule has 1 aromatic rings. The SMILES string of the molecule is Cc1ccc(NCCCOC2CCNCC2)nc1. The molecule has 0 saturated carbocycles. The third-order valence-corrected chi connectivity index (χ3v) is 3.18. The van der Waals surface area contributed by atoms with Gasteiger partial charge in [0.05, 0.1) is 6.10 Å². The van der Waals surface area contributed by atoms with E-state index < -0.39 is 0 Å². The van der Waals surface area contributed by atoms with E-state index in [0.29, 0.717) is 6.10 Å². The number of anilines is 1. The Kier molecular flexibility index (Phi) is 5.42. The minimum atomic E-state index is 0.462.